The first-order valence-electron chi connectivity index (χ1n) is 8.28. The van der Waals surface area contributed by atoms with E-state index in [9.17, 15) is 9.59 Å². The molecule has 2 aromatic rings. The van der Waals surface area contributed by atoms with Crippen LogP contribution in [0.2, 0.25) is 0 Å². The third kappa shape index (κ3) is 2.56. The lowest BCUT2D eigenvalue weighted by Crippen LogP contribution is -2.36. The van der Waals surface area contributed by atoms with Gasteiger partial charge in [-0.05, 0) is 42.3 Å². The second-order valence-electron chi connectivity index (χ2n) is 6.53. The summed E-state index contributed by atoms with van der Waals surface area (Å²) < 4.78 is 11.2. The van der Waals surface area contributed by atoms with Gasteiger partial charge < -0.3 is 20.5 Å². The van der Waals surface area contributed by atoms with E-state index in [0.717, 1.165) is 23.6 Å². The van der Waals surface area contributed by atoms with E-state index >= 15 is 0 Å². The van der Waals surface area contributed by atoms with Gasteiger partial charge in [0.15, 0.2) is 0 Å². The van der Waals surface area contributed by atoms with Crippen molar-refractivity contribution in [1.29, 1.82) is 0 Å². The van der Waals surface area contributed by atoms with Crippen LogP contribution in [0.15, 0.2) is 24.4 Å². The number of fused-ring (bicyclic) bond motifs is 2. The zero-order chi connectivity index (χ0) is 17.6. The summed E-state index contributed by atoms with van der Waals surface area (Å²) in [6.07, 6.45) is 3.64. The first kappa shape index (κ1) is 15.7. The Morgan fingerprint density at radius 3 is 2.88 bits per heavy atom. The Kier molecular flexibility index (Phi) is 3.71. The van der Waals surface area contributed by atoms with E-state index in [1.165, 1.54) is 7.11 Å². The van der Waals surface area contributed by atoms with Crippen molar-refractivity contribution < 1.29 is 19.1 Å². The van der Waals surface area contributed by atoms with Crippen LogP contribution in [-0.2, 0) is 4.79 Å². The minimum atomic E-state index is -0.553. The smallest absolute Gasteiger partial charge is 0.252 e. The number of primary amides is 1. The van der Waals surface area contributed by atoms with Crippen molar-refractivity contribution in [3.05, 3.63) is 30.0 Å². The molecule has 7 nitrogen and oxygen atoms in total. The van der Waals surface area contributed by atoms with Crippen molar-refractivity contribution in [1.82, 2.24) is 10.3 Å². The molecule has 1 aliphatic heterocycles. The highest BCUT2D eigenvalue weighted by molar-refractivity contribution is 6.01. The Morgan fingerprint density at radius 1 is 1.40 bits per heavy atom. The van der Waals surface area contributed by atoms with Crippen molar-refractivity contribution in [3.63, 3.8) is 0 Å². The number of aromatic nitrogens is 1. The molecule has 0 spiro atoms. The number of hydrogen-bond donors (Lipinski definition) is 2. The minimum Gasteiger partial charge on any atom is -0.496 e. The van der Waals surface area contributed by atoms with Gasteiger partial charge in [0.1, 0.15) is 12.4 Å². The van der Waals surface area contributed by atoms with Gasteiger partial charge in [0.05, 0.1) is 18.7 Å². The fourth-order valence-electron chi connectivity index (χ4n) is 3.71. The Hall–Kier alpha value is -2.83. The van der Waals surface area contributed by atoms with Gasteiger partial charge in [0.2, 0.25) is 11.8 Å². The summed E-state index contributed by atoms with van der Waals surface area (Å²) in [5, 5.41) is 4.53. The van der Waals surface area contributed by atoms with Crippen LogP contribution < -0.4 is 20.5 Å². The third-order valence-electron chi connectivity index (χ3n) is 5.22. The van der Waals surface area contributed by atoms with Gasteiger partial charge in [-0.15, -0.1) is 0 Å². The lowest BCUT2D eigenvalue weighted by molar-refractivity contribution is -0.124. The zero-order valence-corrected chi connectivity index (χ0v) is 13.8. The van der Waals surface area contributed by atoms with E-state index in [1.807, 2.05) is 0 Å². The normalized spacial score (nSPS) is 24.4. The Labute approximate surface area is 144 Å². The maximum atomic E-state index is 11.8. The van der Waals surface area contributed by atoms with Crippen LogP contribution in [0.1, 0.15) is 23.2 Å². The first-order chi connectivity index (χ1) is 12.1. The molecule has 1 aromatic heterocycles. The van der Waals surface area contributed by atoms with E-state index in [0.29, 0.717) is 29.7 Å². The number of rotatable bonds is 5. The maximum Gasteiger partial charge on any atom is 0.252 e. The molecule has 0 bridgehead atoms. The van der Waals surface area contributed by atoms with Gasteiger partial charge in [0.25, 0.3) is 5.91 Å². The summed E-state index contributed by atoms with van der Waals surface area (Å²) in [4.78, 5) is 27.7. The summed E-state index contributed by atoms with van der Waals surface area (Å²) in [6.45, 7) is 0.374. The highest BCUT2D eigenvalue weighted by Gasteiger charge is 2.48. The first-order valence-corrected chi connectivity index (χ1v) is 8.28. The van der Waals surface area contributed by atoms with Crippen LogP contribution in [0.3, 0.4) is 0 Å². The number of carbonyl (C=O) groups excluding carboxylic acids is 2. The third-order valence-corrected chi connectivity index (χ3v) is 5.22. The molecule has 130 valence electrons. The Balaban J connectivity index is 1.61. The Morgan fingerprint density at radius 2 is 2.24 bits per heavy atom. The molecule has 1 saturated carbocycles. The average molecular weight is 341 g/mol. The van der Waals surface area contributed by atoms with Crippen LogP contribution in [0.5, 0.6) is 11.6 Å². The molecule has 2 fully saturated rings. The van der Waals surface area contributed by atoms with E-state index in [2.05, 4.69) is 10.3 Å². The number of nitrogens with two attached hydrogens (primary N) is 1. The summed E-state index contributed by atoms with van der Waals surface area (Å²) in [6, 6.07) is 5.18. The molecular weight excluding hydrogens is 322 g/mol. The number of carbonyl (C=O) groups is 2. The molecule has 3 atom stereocenters. The van der Waals surface area contributed by atoms with Gasteiger partial charge in [-0.2, -0.15) is 0 Å². The molecular formula is C18H19N3O4. The molecule has 2 heterocycles. The quantitative estimate of drug-likeness (QED) is 0.852. The largest absolute Gasteiger partial charge is 0.496 e. The minimum absolute atomic E-state index is 0.0232. The van der Waals surface area contributed by atoms with Crippen molar-refractivity contribution >= 4 is 22.6 Å². The van der Waals surface area contributed by atoms with Crippen molar-refractivity contribution in [2.75, 3.05) is 13.7 Å². The SMILES string of the molecule is COc1cc2c(OC[C@H]3NC(=O)[C@@H]4CC[C@H]34)nccc2cc1C(N)=O. The molecule has 3 N–H and O–H groups in total. The molecule has 2 aliphatic rings. The topological polar surface area (TPSA) is 104 Å². The standard InChI is InChI=1S/C18H19N3O4/c1-24-15-7-12-9(6-13(15)16(19)22)4-5-20-18(12)25-8-14-10-2-3-11(10)17(23)21-14/h4-7,10-11,14H,2-3,8H2,1H3,(H2,19,22)(H,21,23)/t10-,11+,14+/m0/s1. The molecule has 1 aromatic carbocycles. The molecule has 2 amide bonds. The van der Waals surface area contributed by atoms with E-state index < -0.39 is 5.91 Å². The Bertz CT molecular complexity index is 867. The van der Waals surface area contributed by atoms with E-state index in [1.54, 1.807) is 24.4 Å². The molecule has 4 rings (SSSR count). The van der Waals surface area contributed by atoms with Crippen LogP contribution in [0.4, 0.5) is 0 Å². The van der Waals surface area contributed by atoms with Gasteiger partial charge >= 0.3 is 0 Å². The van der Waals surface area contributed by atoms with Gasteiger partial charge in [-0.1, -0.05) is 0 Å². The highest BCUT2D eigenvalue weighted by Crippen LogP contribution is 2.41. The van der Waals surface area contributed by atoms with Crippen LogP contribution in [0, 0.1) is 11.8 Å². The number of methoxy groups -OCH3 is 1. The predicted molar refractivity (Wildman–Crippen MR) is 90.5 cm³/mol. The number of nitrogens with one attached hydrogen (secondary N) is 1. The summed E-state index contributed by atoms with van der Waals surface area (Å²) in [5.74, 6) is 0.909. The lowest BCUT2D eigenvalue weighted by Gasteiger charge is -2.30. The highest BCUT2D eigenvalue weighted by atomic mass is 16.5. The number of benzene rings is 1. The second kappa shape index (κ2) is 5.91. The summed E-state index contributed by atoms with van der Waals surface area (Å²) in [5.41, 5.74) is 5.71. The molecule has 0 radical (unpaired) electrons. The van der Waals surface area contributed by atoms with Crippen molar-refractivity contribution in [2.45, 2.75) is 18.9 Å². The molecule has 25 heavy (non-hydrogen) atoms. The van der Waals surface area contributed by atoms with Gasteiger partial charge in [-0.3, -0.25) is 9.59 Å². The number of pyridine rings is 1. The number of ether oxygens (including phenoxy) is 2. The van der Waals surface area contributed by atoms with E-state index in [-0.39, 0.29) is 17.9 Å². The van der Waals surface area contributed by atoms with Gasteiger partial charge in [0, 0.05) is 17.5 Å². The van der Waals surface area contributed by atoms with Crippen LogP contribution in [-0.4, -0.2) is 36.6 Å². The zero-order valence-electron chi connectivity index (χ0n) is 13.8. The molecule has 0 unspecified atom stereocenters. The number of hydrogen-bond acceptors (Lipinski definition) is 5. The number of amides is 2. The fraction of sp³-hybridized carbons (Fsp3) is 0.389. The van der Waals surface area contributed by atoms with Crippen LogP contribution in [0.25, 0.3) is 10.8 Å². The predicted octanol–water partition coefficient (Wildman–Crippen LogP) is 1.25. The molecule has 1 saturated heterocycles. The molecule has 7 heteroatoms. The lowest BCUT2D eigenvalue weighted by atomic mass is 9.73. The van der Waals surface area contributed by atoms with E-state index in [4.69, 9.17) is 15.2 Å². The number of nitrogens with zero attached hydrogens (tertiary/aromatic N) is 1. The average Bonchev–Trinajstić information content (AvgIpc) is 2.78. The second-order valence-corrected chi connectivity index (χ2v) is 6.53. The summed E-state index contributed by atoms with van der Waals surface area (Å²) >= 11 is 0. The van der Waals surface area contributed by atoms with Crippen molar-refractivity contribution in [2.24, 2.45) is 17.6 Å². The van der Waals surface area contributed by atoms with Gasteiger partial charge in [-0.25, -0.2) is 4.98 Å². The van der Waals surface area contributed by atoms with Crippen molar-refractivity contribution in [3.8, 4) is 11.6 Å². The fourth-order valence-corrected chi connectivity index (χ4v) is 3.71. The molecule has 1 aliphatic carbocycles. The monoisotopic (exact) mass is 341 g/mol. The summed E-state index contributed by atoms with van der Waals surface area (Å²) in [7, 11) is 1.48. The van der Waals surface area contributed by atoms with Crippen LogP contribution >= 0.6 is 0 Å². The maximum absolute atomic E-state index is 11.8.